The van der Waals surface area contributed by atoms with Crippen molar-refractivity contribution in [1.82, 2.24) is 5.32 Å². The van der Waals surface area contributed by atoms with Gasteiger partial charge in [-0.25, -0.2) is 4.79 Å². The quantitative estimate of drug-likeness (QED) is 0.779. The fourth-order valence-corrected chi connectivity index (χ4v) is 2.31. The van der Waals surface area contributed by atoms with Crippen molar-refractivity contribution >= 4 is 22.0 Å². The number of amides is 1. The summed E-state index contributed by atoms with van der Waals surface area (Å²) >= 11 is 3.41. The highest BCUT2D eigenvalue weighted by molar-refractivity contribution is 9.09. The van der Waals surface area contributed by atoms with E-state index in [-0.39, 0.29) is 11.6 Å². The molecule has 4 heteroatoms. The molecule has 0 aromatic carbocycles. The molecule has 0 aliphatic heterocycles. The number of halogens is 1. The third kappa shape index (κ3) is 2.87. The third-order valence-corrected chi connectivity index (χ3v) is 3.44. The van der Waals surface area contributed by atoms with Crippen LogP contribution in [-0.4, -0.2) is 22.6 Å². The summed E-state index contributed by atoms with van der Waals surface area (Å²) in [5.41, 5.74) is -0.488. The van der Waals surface area contributed by atoms with Crippen LogP contribution in [0.1, 0.15) is 34.1 Å². The Hall–Kier alpha value is -0.250. The van der Waals surface area contributed by atoms with Crippen molar-refractivity contribution in [3.63, 3.8) is 0 Å². The second kappa shape index (κ2) is 3.72. The van der Waals surface area contributed by atoms with Crippen molar-refractivity contribution in [2.75, 3.05) is 5.33 Å². The van der Waals surface area contributed by atoms with E-state index < -0.39 is 5.60 Å². The first-order valence-electron chi connectivity index (χ1n) is 4.86. The molecule has 0 saturated heterocycles. The highest BCUT2D eigenvalue weighted by Gasteiger charge is 2.51. The topological polar surface area (TPSA) is 38.3 Å². The average molecular weight is 264 g/mol. The number of carbonyl (C=O) groups is 1. The molecule has 0 aromatic rings. The number of alkyl halides is 1. The van der Waals surface area contributed by atoms with Crippen LogP contribution in [0.5, 0.6) is 0 Å². The van der Waals surface area contributed by atoms with Crippen LogP contribution in [0.3, 0.4) is 0 Å². The maximum Gasteiger partial charge on any atom is 0.408 e. The number of alkyl carbamates (subject to hydrolysis) is 1. The van der Waals surface area contributed by atoms with Gasteiger partial charge in [-0.1, -0.05) is 22.9 Å². The number of hydrogen-bond acceptors (Lipinski definition) is 2. The van der Waals surface area contributed by atoms with Crippen molar-refractivity contribution in [2.24, 2.45) is 5.92 Å². The molecule has 1 rings (SSSR count). The summed E-state index contributed by atoms with van der Waals surface area (Å²) in [5, 5.41) is 3.71. The lowest BCUT2D eigenvalue weighted by atomic mass is 10.2. The Morgan fingerprint density at radius 2 is 2.14 bits per heavy atom. The van der Waals surface area contributed by atoms with Crippen molar-refractivity contribution in [2.45, 2.75) is 45.3 Å². The molecule has 3 nitrogen and oxygen atoms in total. The monoisotopic (exact) mass is 263 g/mol. The van der Waals surface area contributed by atoms with E-state index in [0.717, 1.165) is 11.8 Å². The zero-order valence-electron chi connectivity index (χ0n) is 9.19. The van der Waals surface area contributed by atoms with E-state index in [9.17, 15) is 4.79 Å². The minimum Gasteiger partial charge on any atom is -0.444 e. The van der Waals surface area contributed by atoms with E-state index >= 15 is 0 Å². The van der Waals surface area contributed by atoms with Crippen LogP contribution < -0.4 is 5.32 Å². The second-order valence-corrected chi connectivity index (χ2v) is 5.58. The second-order valence-electron chi connectivity index (χ2n) is 5.02. The van der Waals surface area contributed by atoms with Gasteiger partial charge in [0.2, 0.25) is 0 Å². The highest BCUT2D eigenvalue weighted by atomic mass is 79.9. The molecule has 1 amide bonds. The summed E-state index contributed by atoms with van der Waals surface area (Å²) in [6.07, 6.45) is 0.707. The van der Waals surface area contributed by atoms with Crippen LogP contribution in [0.25, 0.3) is 0 Å². The summed E-state index contributed by atoms with van der Waals surface area (Å²) in [6, 6.07) is 0. The van der Waals surface area contributed by atoms with Crippen LogP contribution in [0.15, 0.2) is 0 Å². The lowest BCUT2D eigenvalue weighted by Crippen LogP contribution is -2.42. The molecule has 1 aliphatic carbocycles. The lowest BCUT2D eigenvalue weighted by molar-refractivity contribution is 0.0499. The van der Waals surface area contributed by atoms with Gasteiger partial charge in [-0.05, 0) is 33.1 Å². The van der Waals surface area contributed by atoms with E-state index in [4.69, 9.17) is 4.74 Å². The van der Waals surface area contributed by atoms with Gasteiger partial charge in [-0.3, -0.25) is 0 Å². The average Bonchev–Trinajstić information content (AvgIpc) is 2.58. The molecule has 2 atom stereocenters. The first-order chi connectivity index (χ1) is 6.29. The Balaban J connectivity index is 2.42. The Kier molecular flexibility index (Phi) is 3.14. The largest absolute Gasteiger partial charge is 0.444 e. The van der Waals surface area contributed by atoms with Crippen molar-refractivity contribution in [1.29, 1.82) is 0 Å². The molecular formula is C10H18BrNO2. The van der Waals surface area contributed by atoms with Crippen molar-refractivity contribution < 1.29 is 9.53 Å². The van der Waals surface area contributed by atoms with E-state index in [1.807, 2.05) is 20.8 Å². The first kappa shape index (κ1) is 11.8. The maximum atomic E-state index is 11.5. The molecule has 0 spiro atoms. The van der Waals surface area contributed by atoms with E-state index in [1.165, 1.54) is 0 Å². The lowest BCUT2D eigenvalue weighted by Gasteiger charge is -2.23. The molecule has 1 aliphatic rings. The number of ether oxygens (including phenoxy) is 1. The van der Waals surface area contributed by atoms with Gasteiger partial charge in [-0.2, -0.15) is 0 Å². The van der Waals surface area contributed by atoms with E-state index in [2.05, 4.69) is 28.2 Å². The van der Waals surface area contributed by atoms with Gasteiger partial charge in [-0.15, -0.1) is 0 Å². The molecule has 0 radical (unpaired) electrons. The number of carbonyl (C=O) groups excluding carboxylic acids is 1. The molecule has 14 heavy (non-hydrogen) atoms. The van der Waals surface area contributed by atoms with E-state index in [0.29, 0.717) is 5.92 Å². The van der Waals surface area contributed by atoms with Gasteiger partial charge < -0.3 is 10.1 Å². The van der Waals surface area contributed by atoms with Gasteiger partial charge in [0, 0.05) is 5.33 Å². The normalized spacial score (nSPS) is 31.1. The number of nitrogens with one attached hydrogen (secondary N) is 1. The standard InChI is InChI=1S/C10H18BrNO2/c1-7-5-10(7,6-11)12-8(13)14-9(2,3)4/h7H,5-6H2,1-4H3,(H,12,13)/t7-,10+/m1/s1. The van der Waals surface area contributed by atoms with Gasteiger partial charge >= 0.3 is 6.09 Å². The summed E-state index contributed by atoms with van der Waals surface area (Å²) in [6.45, 7) is 7.72. The molecule has 0 heterocycles. The zero-order valence-corrected chi connectivity index (χ0v) is 10.8. The SMILES string of the molecule is C[C@@H]1C[C@@]1(CBr)NC(=O)OC(C)(C)C. The number of hydrogen-bond donors (Lipinski definition) is 1. The summed E-state index contributed by atoms with van der Waals surface area (Å²) in [4.78, 5) is 11.5. The molecule has 0 bridgehead atoms. The molecule has 82 valence electrons. The fraction of sp³-hybridized carbons (Fsp3) is 0.900. The number of rotatable bonds is 2. The molecule has 1 fully saturated rings. The zero-order chi connectivity index (χ0) is 11.0. The van der Waals surface area contributed by atoms with Crippen LogP contribution in [0.2, 0.25) is 0 Å². The van der Waals surface area contributed by atoms with Gasteiger partial charge in [0.05, 0.1) is 5.54 Å². The Labute approximate surface area is 93.7 Å². The van der Waals surface area contributed by atoms with Gasteiger partial charge in [0.1, 0.15) is 5.60 Å². The van der Waals surface area contributed by atoms with Crippen LogP contribution in [0, 0.1) is 5.92 Å². The van der Waals surface area contributed by atoms with Crippen LogP contribution in [-0.2, 0) is 4.74 Å². The van der Waals surface area contributed by atoms with Crippen LogP contribution >= 0.6 is 15.9 Å². The van der Waals surface area contributed by atoms with Crippen molar-refractivity contribution in [3.05, 3.63) is 0 Å². The summed E-state index contributed by atoms with van der Waals surface area (Å²) in [5.74, 6) is 0.536. The third-order valence-electron chi connectivity index (χ3n) is 2.44. The minimum atomic E-state index is -0.421. The molecule has 0 unspecified atom stereocenters. The minimum absolute atomic E-state index is 0.0671. The molecule has 1 saturated carbocycles. The highest BCUT2D eigenvalue weighted by Crippen LogP contribution is 2.44. The maximum absolute atomic E-state index is 11.5. The fourth-order valence-electron chi connectivity index (χ4n) is 1.39. The summed E-state index contributed by atoms with van der Waals surface area (Å²) < 4.78 is 5.19. The van der Waals surface area contributed by atoms with Crippen LogP contribution in [0.4, 0.5) is 4.79 Å². The Morgan fingerprint density at radius 1 is 1.64 bits per heavy atom. The predicted octanol–water partition coefficient (Wildman–Crippen LogP) is 2.68. The first-order valence-corrected chi connectivity index (χ1v) is 5.98. The van der Waals surface area contributed by atoms with Crippen molar-refractivity contribution in [3.8, 4) is 0 Å². The predicted molar refractivity (Wildman–Crippen MR) is 59.7 cm³/mol. The molecular weight excluding hydrogens is 246 g/mol. The van der Waals surface area contributed by atoms with E-state index in [1.54, 1.807) is 0 Å². The Bertz CT molecular complexity index is 233. The van der Waals surface area contributed by atoms with Gasteiger partial charge in [0.25, 0.3) is 0 Å². The molecule has 0 aromatic heterocycles. The van der Waals surface area contributed by atoms with Gasteiger partial charge in [0.15, 0.2) is 0 Å². The molecule has 1 N–H and O–H groups in total. The Morgan fingerprint density at radius 3 is 2.43 bits per heavy atom. The summed E-state index contributed by atoms with van der Waals surface area (Å²) in [7, 11) is 0. The smallest absolute Gasteiger partial charge is 0.408 e.